The van der Waals surface area contributed by atoms with Crippen molar-refractivity contribution in [3.05, 3.63) is 47.5 Å². The summed E-state index contributed by atoms with van der Waals surface area (Å²) in [6.07, 6.45) is 3.62. The summed E-state index contributed by atoms with van der Waals surface area (Å²) in [6.45, 7) is 5.72. The van der Waals surface area contributed by atoms with Gasteiger partial charge >= 0.3 is 0 Å². The highest BCUT2D eigenvalue weighted by atomic mass is 16.4. The van der Waals surface area contributed by atoms with E-state index in [1.807, 2.05) is 31.2 Å². The number of nitrogens with zero attached hydrogens (tertiary/aromatic N) is 5. The quantitative estimate of drug-likeness (QED) is 0.610. The summed E-state index contributed by atoms with van der Waals surface area (Å²) in [7, 11) is 0. The number of oxazole rings is 1. The van der Waals surface area contributed by atoms with Crippen LogP contribution in [0, 0.1) is 6.92 Å². The smallest absolute Gasteiger partial charge is 0.270 e. The number of aromatic nitrogens is 3. The average Bonchev–Trinajstić information content (AvgIpc) is 3.41. The Balaban J connectivity index is 1.54. The van der Waals surface area contributed by atoms with Gasteiger partial charge in [-0.1, -0.05) is 6.07 Å². The highest BCUT2D eigenvalue weighted by molar-refractivity contribution is 6.10. The van der Waals surface area contributed by atoms with Crippen LogP contribution < -0.4 is 20.9 Å². The molecule has 0 aliphatic carbocycles. The first-order valence-corrected chi connectivity index (χ1v) is 11.0. The molecule has 5 rings (SSSR count). The molecule has 1 saturated heterocycles. The molecule has 2 aliphatic rings. The molecule has 3 N–H and O–H groups in total. The third-order valence-corrected chi connectivity index (χ3v) is 6.06. The molecule has 4 heterocycles. The Morgan fingerprint density at radius 1 is 1.33 bits per heavy atom. The summed E-state index contributed by atoms with van der Waals surface area (Å²) in [6, 6.07) is 7.54. The molecule has 170 valence electrons. The average molecular weight is 447 g/mol. The molecule has 0 spiro atoms. The summed E-state index contributed by atoms with van der Waals surface area (Å²) in [5.74, 6) is 1.05. The third-order valence-electron chi connectivity index (χ3n) is 6.06. The van der Waals surface area contributed by atoms with Crippen molar-refractivity contribution < 1.29 is 14.0 Å². The number of amides is 2. The van der Waals surface area contributed by atoms with Crippen molar-refractivity contribution in [2.45, 2.75) is 32.7 Å². The molecule has 1 fully saturated rings. The fourth-order valence-electron chi connectivity index (χ4n) is 4.51. The fourth-order valence-corrected chi connectivity index (χ4v) is 4.51. The number of nitrogens with one attached hydrogen (secondary N) is 1. The van der Waals surface area contributed by atoms with E-state index in [4.69, 9.17) is 10.2 Å². The number of carbonyl (C=O) groups is 2. The van der Waals surface area contributed by atoms with E-state index >= 15 is 0 Å². The van der Waals surface area contributed by atoms with Crippen LogP contribution in [0.4, 0.5) is 17.5 Å². The van der Waals surface area contributed by atoms with Gasteiger partial charge in [-0.2, -0.15) is 4.98 Å². The second-order valence-electron chi connectivity index (χ2n) is 8.20. The van der Waals surface area contributed by atoms with Crippen molar-refractivity contribution in [3.8, 4) is 11.5 Å². The Kier molecular flexibility index (Phi) is 5.20. The summed E-state index contributed by atoms with van der Waals surface area (Å²) in [5, 5.41) is 3.13. The van der Waals surface area contributed by atoms with Crippen molar-refractivity contribution in [2.75, 3.05) is 34.8 Å². The minimum atomic E-state index is -0.642. The van der Waals surface area contributed by atoms with Gasteiger partial charge in [-0.3, -0.25) is 9.59 Å². The van der Waals surface area contributed by atoms with Crippen LogP contribution in [-0.4, -0.2) is 52.4 Å². The van der Waals surface area contributed by atoms with E-state index in [1.54, 1.807) is 18.0 Å². The van der Waals surface area contributed by atoms with Gasteiger partial charge in [0.1, 0.15) is 17.1 Å². The Bertz CT molecular complexity index is 1240. The lowest BCUT2D eigenvalue weighted by Gasteiger charge is -2.27. The molecule has 0 saturated carbocycles. The van der Waals surface area contributed by atoms with Crippen LogP contribution in [-0.2, 0) is 0 Å². The van der Waals surface area contributed by atoms with Crippen LogP contribution in [0.5, 0.6) is 0 Å². The molecule has 2 amide bonds. The van der Waals surface area contributed by atoms with Crippen molar-refractivity contribution in [3.63, 3.8) is 0 Å². The van der Waals surface area contributed by atoms with Crippen molar-refractivity contribution in [1.29, 1.82) is 0 Å². The Morgan fingerprint density at radius 3 is 2.94 bits per heavy atom. The zero-order valence-corrected chi connectivity index (χ0v) is 18.5. The van der Waals surface area contributed by atoms with E-state index in [0.29, 0.717) is 47.4 Å². The lowest BCUT2D eigenvalue weighted by molar-refractivity contribution is 0.0982. The summed E-state index contributed by atoms with van der Waals surface area (Å²) >= 11 is 0. The summed E-state index contributed by atoms with van der Waals surface area (Å²) in [5.41, 5.74) is 7.33. The molecule has 2 aromatic heterocycles. The maximum Gasteiger partial charge on any atom is 0.270 e. The van der Waals surface area contributed by atoms with E-state index in [0.717, 1.165) is 19.4 Å². The molecule has 1 unspecified atom stereocenters. The van der Waals surface area contributed by atoms with Gasteiger partial charge in [0.2, 0.25) is 11.8 Å². The van der Waals surface area contributed by atoms with Crippen molar-refractivity contribution in [2.24, 2.45) is 5.73 Å². The molecule has 33 heavy (non-hydrogen) atoms. The molecular weight excluding hydrogens is 422 g/mol. The zero-order chi connectivity index (χ0) is 23.1. The predicted molar refractivity (Wildman–Crippen MR) is 123 cm³/mol. The van der Waals surface area contributed by atoms with Crippen LogP contribution in [0.3, 0.4) is 0 Å². The third kappa shape index (κ3) is 3.67. The van der Waals surface area contributed by atoms with Crippen LogP contribution in [0.15, 0.2) is 34.9 Å². The highest BCUT2D eigenvalue weighted by Crippen LogP contribution is 2.35. The van der Waals surface area contributed by atoms with Gasteiger partial charge in [-0.15, -0.1) is 0 Å². The minimum Gasteiger partial charge on any atom is -0.441 e. The number of carbonyl (C=O) groups excluding carboxylic acids is 2. The zero-order valence-electron chi connectivity index (χ0n) is 18.5. The van der Waals surface area contributed by atoms with E-state index in [-0.39, 0.29) is 23.5 Å². The second-order valence-corrected chi connectivity index (χ2v) is 8.20. The van der Waals surface area contributed by atoms with Gasteiger partial charge in [0.15, 0.2) is 5.69 Å². The van der Waals surface area contributed by atoms with E-state index < -0.39 is 5.91 Å². The predicted octanol–water partition coefficient (Wildman–Crippen LogP) is 2.60. The topological polar surface area (TPSA) is 130 Å². The molecule has 10 nitrogen and oxygen atoms in total. The van der Waals surface area contributed by atoms with Crippen LogP contribution in [0.2, 0.25) is 0 Å². The van der Waals surface area contributed by atoms with E-state index in [9.17, 15) is 9.59 Å². The van der Waals surface area contributed by atoms with Crippen LogP contribution in [0.25, 0.3) is 11.5 Å². The number of benzene rings is 1. The maximum atomic E-state index is 13.6. The molecule has 3 aromatic rings. The number of hydrogen-bond donors (Lipinski definition) is 2. The maximum absolute atomic E-state index is 13.6. The summed E-state index contributed by atoms with van der Waals surface area (Å²) in [4.78, 5) is 42.4. The molecule has 1 atom stereocenters. The minimum absolute atomic E-state index is 0.102. The molecule has 0 radical (unpaired) electrons. The number of fused-ring (bicyclic) bond motifs is 3. The number of primary amides is 1. The summed E-state index contributed by atoms with van der Waals surface area (Å²) < 4.78 is 5.67. The monoisotopic (exact) mass is 447 g/mol. The lowest BCUT2D eigenvalue weighted by atomic mass is 10.1. The molecule has 0 bridgehead atoms. The normalized spacial score (nSPS) is 17.5. The fraction of sp³-hybridized carbons (Fsp3) is 0.348. The second kappa shape index (κ2) is 8.19. The first-order chi connectivity index (χ1) is 16.0. The SMILES string of the molecule is CCNc1ncc2c(n1)N1CCCC1CN(c1cccc(-c3nc(C(N)=O)c(C)o3)c1)C2=O. The Labute approximate surface area is 190 Å². The number of anilines is 3. The van der Waals surface area contributed by atoms with Gasteiger partial charge in [0.05, 0.1) is 0 Å². The Morgan fingerprint density at radius 2 is 2.18 bits per heavy atom. The largest absolute Gasteiger partial charge is 0.441 e. The van der Waals surface area contributed by atoms with Gasteiger partial charge in [0, 0.05) is 43.1 Å². The Hall–Kier alpha value is -3.95. The van der Waals surface area contributed by atoms with E-state index in [1.165, 1.54) is 0 Å². The first kappa shape index (κ1) is 20.9. The van der Waals surface area contributed by atoms with E-state index in [2.05, 4.69) is 25.2 Å². The van der Waals surface area contributed by atoms with Gasteiger partial charge in [-0.25, -0.2) is 9.97 Å². The first-order valence-electron chi connectivity index (χ1n) is 11.0. The van der Waals surface area contributed by atoms with Crippen molar-refractivity contribution in [1.82, 2.24) is 15.0 Å². The molecule has 1 aromatic carbocycles. The number of hydrogen-bond acceptors (Lipinski definition) is 8. The number of aryl methyl sites for hydroxylation is 1. The number of nitrogens with two attached hydrogens (primary N) is 1. The number of rotatable bonds is 5. The van der Waals surface area contributed by atoms with Gasteiger partial charge in [-0.05, 0) is 44.9 Å². The van der Waals surface area contributed by atoms with Crippen LogP contribution in [0.1, 0.15) is 46.4 Å². The highest BCUT2D eigenvalue weighted by Gasteiger charge is 2.37. The molecule has 10 heteroatoms. The van der Waals surface area contributed by atoms with Crippen molar-refractivity contribution >= 4 is 29.3 Å². The molecule has 2 aliphatic heterocycles. The standard InChI is InChI=1S/C23H25N7O3/c1-3-25-23-26-11-17-20(28-23)29-9-5-8-16(29)12-30(22(17)32)15-7-4-6-14(10-15)21-27-18(19(24)31)13(2)33-21/h4,6-7,10-11,16H,3,5,8-9,12H2,1-2H3,(H2,24,31)(H,25,26,28). The lowest BCUT2D eigenvalue weighted by Crippen LogP contribution is -2.39. The van der Waals surface area contributed by atoms with Gasteiger partial charge < -0.3 is 25.3 Å². The van der Waals surface area contributed by atoms with Gasteiger partial charge in [0.25, 0.3) is 11.8 Å². The van der Waals surface area contributed by atoms with Crippen LogP contribution >= 0.6 is 0 Å². The molecular formula is C23H25N7O3.